The van der Waals surface area contributed by atoms with E-state index in [2.05, 4.69) is 5.32 Å². The van der Waals surface area contributed by atoms with Gasteiger partial charge in [0.15, 0.2) is 5.78 Å². The van der Waals surface area contributed by atoms with Crippen molar-refractivity contribution >= 4 is 29.3 Å². The summed E-state index contributed by atoms with van der Waals surface area (Å²) in [7, 11) is 1.65. The SMILES string of the molecule is CN1C(=O)CCC1CNC(=O)CN1C(=O)N(c2cccc(C(F)(F)F)c2)C2=C(C(=O)CCC2)C1c1ccc(C#N)cc1. The predicted octanol–water partition coefficient (Wildman–Crippen LogP) is 4.30. The number of halogens is 3. The number of nitrogens with zero attached hydrogens (tertiary/aromatic N) is 4. The summed E-state index contributed by atoms with van der Waals surface area (Å²) in [4.78, 5) is 56.6. The first-order valence-electron chi connectivity index (χ1n) is 13.6. The quantitative estimate of drug-likeness (QED) is 0.548. The van der Waals surface area contributed by atoms with E-state index < -0.39 is 36.3 Å². The summed E-state index contributed by atoms with van der Waals surface area (Å²) in [6.45, 7) is -0.331. The van der Waals surface area contributed by atoms with Gasteiger partial charge in [0.25, 0.3) is 0 Å². The van der Waals surface area contributed by atoms with Gasteiger partial charge in [-0.25, -0.2) is 4.79 Å². The van der Waals surface area contributed by atoms with Crippen molar-refractivity contribution in [1.82, 2.24) is 15.1 Å². The van der Waals surface area contributed by atoms with Gasteiger partial charge in [-0.15, -0.1) is 0 Å². The summed E-state index contributed by atoms with van der Waals surface area (Å²) in [5.41, 5.74) is 0.361. The average molecular weight is 580 g/mol. The summed E-state index contributed by atoms with van der Waals surface area (Å²) >= 11 is 0. The number of nitriles is 1. The number of urea groups is 1. The molecule has 4 amide bonds. The van der Waals surface area contributed by atoms with Crippen molar-refractivity contribution in [3.05, 3.63) is 76.5 Å². The van der Waals surface area contributed by atoms with Crippen molar-refractivity contribution in [1.29, 1.82) is 5.26 Å². The standard InChI is InChI=1S/C30H28F3N5O4/c1-36-22(12-13-26(36)41)16-35-25(40)17-37-28(19-10-8-18(15-34)9-11-19)27-23(6-3-7-24(27)39)38(29(37)42)21-5-2-4-20(14-21)30(31,32)33/h2,4-5,8-11,14,22,28H,3,6-7,12-13,16-17H2,1H3,(H,35,40). The molecular formula is C30H28F3N5O4. The molecule has 2 aromatic rings. The average Bonchev–Trinajstić information content (AvgIpc) is 3.29. The fourth-order valence-electron chi connectivity index (χ4n) is 5.78. The van der Waals surface area contributed by atoms with E-state index >= 15 is 0 Å². The van der Waals surface area contributed by atoms with Crippen molar-refractivity contribution in [3.8, 4) is 6.07 Å². The zero-order valence-electron chi connectivity index (χ0n) is 22.8. The zero-order valence-corrected chi connectivity index (χ0v) is 22.8. The predicted molar refractivity (Wildman–Crippen MR) is 145 cm³/mol. The van der Waals surface area contributed by atoms with E-state index in [0.717, 1.165) is 17.0 Å². The van der Waals surface area contributed by atoms with E-state index in [0.29, 0.717) is 36.1 Å². The molecule has 0 bridgehead atoms. The third kappa shape index (κ3) is 5.46. The molecule has 42 heavy (non-hydrogen) atoms. The van der Waals surface area contributed by atoms with Crippen LogP contribution < -0.4 is 10.2 Å². The number of rotatable bonds is 6. The Kier molecular flexibility index (Phi) is 7.77. The number of carbonyl (C=O) groups excluding carboxylic acids is 4. The molecule has 0 radical (unpaired) electrons. The summed E-state index contributed by atoms with van der Waals surface area (Å²) in [6.07, 6.45) is -2.85. The van der Waals surface area contributed by atoms with Crippen LogP contribution in [0.15, 0.2) is 59.8 Å². The van der Waals surface area contributed by atoms with Crippen LogP contribution in [-0.2, 0) is 20.6 Å². The van der Waals surface area contributed by atoms with E-state index in [1.165, 1.54) is 29.2 Å². The van der Waals surface area contributed by atoms with Gasteiger partial charge in [0.2, 0.25) is 11.8 Å². The highest BCUT2D eigenvalue weighted by Crippen LogP contribution is 2.44. The molecule has 0 spiro atoms. The molecule has 12 heteroatoms. The van der Waals surface area contributed by atoms with Crippen LogP contribution in [0.1, 0.15) is 54.8 Å². The monoisotopic (exact) mass is 579 g/mol. The van der Waals surface area contributed by atoms with Gasteiger partial charge in [0, 0.05) is 43.7 Å². The van der Waals surface area contributed by atoms with Crippen molar-refractivity contribution in [2.75, 3.05) is 25.0 Å². The maximum Gasteiger partial charge on any atom is 0.416 e. The van der Waals surface area contributed by atoms with Crippen molar-refractivity contribution in [2.24, 2.45) is 0 Å². The maximum atomic E-state index is 14.2. The van der Waals surface area contributed by atoms with Crippen LogP contribution in [-0.4, -0.2) is 59.6 Å². The molecule has 5 rings (SSSR count). The van der Waals surface area contributed by atoms with Crippen LogP contribution in [0, 0.1) is 11.3 Å². The maximum absolute atomic E-state index is 14.2. The summed E-state index contributed by atoms with van der Waals surface area (Å²) in [5.74, 6) is -0.856. The van der Waals surface area contributed by atoms with E-state index in [1.807, 2.05) is 6.07 Å². The lowest BCUT2D eigenvalue weighted by molar-refractivity contribution is -0.137. The van der Waals surface area contributed by atoms with Gasteiger partial charge < -0.3 is 15.1 Å². The molecule has 2 heterocycles. The Hall–Kier alpha value is -4.66. The van der Waals surface area contributed by atoms with Gasteiger partial charge in [-0.2, -0.15) is 18.4 Å². The number of alkyl halides is 3. The summed E-state index contributed by atoms with van der Waals surface area (Å²) in [6, 6.07) is 10.7. The number of ketones is 1. The van der Waals surface area contributed by atoms with Crippen LogP contribution in [0.2, 0.25) is 0 Å². The number of amides is 4. The zero-order chi connectivity index (χ0) is 30.2. The first-order chi connectivity index (χ1) is 20.0. The van der Waals surface area contributed by atoms with Crippen LogP contribution in [0.3, 0.4) is 0 Å². The topological polar surface area (TPSA) is 114 Å². The van der Waals surface area contributed by atoms with Gasteiger partial charge >= 0.3 is 12.2 Å². The molecule has 2 aliphatic heterocycles. The number of allylic oxidation sites excluding steroid dienone is 1. The lowest BCUT2D eigenvalue weighted by Crippen LogP contribution is -2.55. The Balaban J connectivity index is 1.56. The number of anilines is 1. The first-order valence-corrected chi connectivity index (χ1v) is 13.6. The van der Waals surface area contributed by atoms with Crippen LogP contribution >= 0.6 is 0 Å². The van der Waals surface area contributed by atoms with Gasteiger partial charge in [0.1, 0.15) is 6.54 Å². The molecular weight excluding hydrogens is 551 g/mol. The third-order valence-corrected chi connectivity index (χ3v) is 7.99. The molecule has 0 saturated carbocycles. The summed E-state index contributed by atoms with van der Waals surface area (Å²) in [5, 5.41) is 12.0. The number of nitrogens with one attached hydrogen (secondary N) is 1. The lowest BCUT2D eigenvalue weighted by Gasteiger charge is -2.45. The highest BCUT2D eigenvalue weighted by atomic mass is 19.4. The van der Waals surface area contributed by atoms with Crippen molar-refractivity contribution < 1.29 is 32.3 Å². The highest BCUT2D eigenvalue weighted by Gasteiger charge is 2.45. The van der Waals surface area contributed by atoms with Crippen molar-refractivity contribution in [3.63, 3.8) is 0 Å². The lowest BCUT2D eigenvalue weighted by atomic mass is 9.83. The Morgan fingerprint density at radius 2 is 1.81 bits per heavy atom. The molecule has 2 aromatic carbocycles. The molecule has 2 atom stereocenters. The molecule has 1 N–H and O–H groups in total. The first kappa shape index (κ1) is 28.9. The van der Waals surface area contributed by atoms with Gasteiger partial charge in [-0.05, 0) is 55.2 Å². The Morgan fingerprint density at radius 3 is 2.45 bits per heavy atom. The number of likely N-dealkylation sites (tertiary alicyclic amines) is 1. The number of benzene rings is 2. The molecule has 9 nitrogen and oxygen atoms in total. The second kappa shape index (κ2) is 11.3. The highest BCUT2D eigenvalue weighted by molar-refractivity contribution is 6.07. The normalized spacial score (nSPS) is 21.0. The van der Waals surface area contributed by atoms with E-state index in [9.17, 15) is 37.6 Å². The fraction of sp³-hybridized carbons (Fsp3) is 0.367. The minimum atomic E-state index is -4.66. The fourth-order valence-corrected chi connectivity index (χ4v) is 5.78. The van der Waals surface area contributed by atoms with Crippen molar-refractivity contribution in [2.45, 2.75) is 50.4 Å². The van der Waals surface area contributed by atoms with Gasteiger partial charge in [-0.3, -0.25) is 19.3 Å². The number of hydrogen-bond donors (Lipinski definition) is 1. The number of hydrogen-bond acceptors (Lipinski definition) is 5. The number of Topliss-reactive ketones (excluding diaryl/α,β-unsaturated/α-hetero) is 1. The Bertz CT molecular complexity index is 1510. The Labute approximate surface area is 240 Å². The largest absolute Gasteiger partial charge is 0.416 e. The second-order valence-electron chi connectivity index (χ2n) is 10.6. The molecule has 1 aliphatic carbocycles. The van der Waals surface area contributed by atoms with Crippen LogP contribution in [0.5, 0.6) is 0 Å². The molecule has 2 unspecified atom stereocenters. The summed E-state index contributed by atoms with van der Waals surface area (Å²) < 4.78 is 40.8. The van der Waals surface area contributed by atoms with Gasteiger partial charge in [0.05, 0.1) is 28.9 Å². The van der Waals surface area contributed by atoms with Crippen LogP contribution in [0.25, 0.3) is 0 Å². The molecule has 1 fully saturated rings. The molecule has 218 valence electrons. The second-order valence-corrected chi connectivity index (χ2v) is 10.6. The van der Waals surface area contributed by atoms with Crippen LogP contribution in [0.4, 0.5) is 23.7 Å². The minimum Gasteiger partial charge on any atom is -0.352 e. The number of carbonyl (C=O) groups is 4. The molecule has 0 aromatic heterocycles. The third-order valence-electron chi connectivity index (χ3n) is 7.99. The molecule has 1 saturated heterocycles. The van der Waals surface area contributed by atoms with E-state index in [1.54, 1.807) is 24.1 Å². The number of likely N-dealkylation sites (N-methyl/N-ethyl adjacent to an activating group) is 1. The molecule has 3 aliphatic rings. The van der Waals surface area contributed by atoms with E-state index in [4.69, 9.17) is 0 Å². The smallest absolute Gasteiger partial charge is 0.352 e. The minimum absolute atomic E-state index is 0.0339. The van der Waals surface area contributed by atoms with Gasteiger partial charge in [-0.1, -0.05) is 18.2 Å². The Morgan fingerprint density at radius 1 is 1.07 bits per heavy atom. The van der Waals surface area contributed by atoms with E-state index in [-0.39, 0.29) is 48.4 Å².